The van der Waals surface area contributed by atoms with E-state index < -0.39 is 5.91 Å². The molecule has 0 saturated carbocycles. The van der Waals surface area contributed by atoms with Gasteiger partial charge in [-0.1, -0.05) is 24.3 Å². The predicted octanol–water partition coefficient (Wildman–Crippen LogP) is 3.08. The van der Waals surface area contributed by atoms with Crippen molar-refractivity contribution in [2.75, 3.05) is 6.54 Å². The summed E-state index contributed by atoms with van der Waals surface area (Å²) in [5.74, 6) is -0.592. The van der Waals surface area contributed by atoms with E-state index >= 15 is 0 Å². The molecule has 4 heteroatoms. The fraction of sp³-hybridized carbons (Fsp3) is 0.316. The van der Waals surface area contributed by atoms with Crippen molar-refractivity contribution >= 4 is 5.91 Å². The third-order valence-electron chi connectivity index (χ3n) is 3.80. The number of benzene rings is 2. The Kier molecular flexibility index (Phi) is 6.29. The van der Waals surface area contributed by atoms with Gasteiger partial charge in [-0.15, -0.1) is 0 Å². The zero-order valence-corrected chi connectivity index (χ0v) is 13.4. The number of nitrogens with two attached hydrogens (primary N) is 1. The lowest BCUT2D eigenvalue weighted by Gasteiger charge is -2.14. The summed E-state index contributed by atoms with van der Waals surface area (Å²) in [6.45, 7) is 3.02. The highest BCUT2D eigenvalue weighted by atomic mass is 19.1. The Labute approximate surface area is 136 Å². The molecule has 0 spiro atoms. The molecule has 0 aromatic heterocycles. The molecule has 1 unspecified atom stereocenters. The van der Waals surface area contributed by atoms with Gasteiger partial charge in [0, 0.05) is 11.6 Å². The van der Waals surface area contributed by atoms with E-state index in [-0.39, 0.29) is 5.82 Å². The Morgan fingerprint density at radius 1 is 1.17 bits per heavy atom. The maximum Gasteiger partial charge on any atom is 0.248 e. The molecule has 2 aromatic carbocycles. The molecular weight excluding hydrogens is 291 g/mol. The van der Waals surface area contributed by atoms with Crippen molar-refractivity contribution in [2.45, 2.75) is 32.2 Å². The van der Waals surface area contributed by atoms with Gasteiger partial charge in [-0.25, -0.2) is 4.39 Å². The van der Waals surface area contributed by atoms with Crippen LogP contribution in [0.1, 0.15) is 34.8 Å². The number of hydrogen-bond donors (Lipinski definition) is 2. The van der Waals surface area contributed by atoms with Gasteiger partial charge in [-0.05, 0) is 68.1 Å². The molecule has 0 aliphatic heterocycles. The van der Waals surface area contributed by atoms with Crippen LogP contribution in [0.5, 0.6) is 0 Å². The molecule has 0 fully saturated rings. The first-order valence-corrected chi connectivity index (χ1v) is 7.91. The van der Waals surface area contributed by atoms with Crippen LogP contribution in [-0.2, 0) is 12.8 Å². The van der Waals surface area contributed by atoms with Crippen LogP contribution in [0, 0.1) is 5.82 Å². The molecule has 1 amide bonds. The van der Waals surface area contributed by atoms with E-state index in [2.05, 4.69) is 12.2 Å². The largest absolute Gasteiger partial charge is 0.366 e. The van der Waals surface area contributed by atoms with Crippen LogP contribution in [0.25, 0.3) is 0 Å². The van der Waals surface area contributed by atoms with Gasteiger partial charge >= 0.3 is 0 Å². The lowest BCUT2D eigenvalue weighted by molar-refractivity contribution is 0.1000. The molecule has 2 aromatic rings. The summed E-state index contributed by atoms with van der Waals surface area (Å²) in [6, 6.07) is 14.4. The Morgan fingerprint density at radius 2 is 1.91 bits per heavy atom. The van der Waals surface area contributed by atoms with Crippen LogP contribution >= 0.6 is 0 Å². The number of rotatable bonds is 8. The van der Waals surface area contributed by atoms with E-state index in [0.717, 1.165) is 36.9 Å². The second-order valence-corrected chi connectivity index (χ2v) is 5.85. The van der Waals surface area contributed by atoms with Crippen molar-refractivity contribution < 1.29 is 9.18 Å². The first-order valence-electron chi connectivity index (χ1n) is 7.91. The van der Waals surface area contributed by atoms with Crippen molar-refractivity contribution in [3.8, 4) is 0 Å². The fourth-order valence-corrected chi connectivity index (χ4v) is 2.57. The SMILES string of the molecule is CC(Cc1cccc(C(N)=O)c1)NCCCc1ccc(F)cc1. The lowest BCUT2D eigenvalue weighted by atomic mass is 10.0. The van der Waals surface area contributed by atoms with Gasteiger partial charge in [-0.3, -0.25) is 4.79 Å². The number of hydrogen-bond acceptors (Lipinski definition) is 2. The third kappa shape index (κ3) is 5.83. The molecule has 23 heavy (non-hydrogen) atoms. The molecule has 0 aliphatic carbocycles. The van der Waals surface area contributed by atoms with Crippen LogP contribution in [0.15, 0.2) is 48.5 Å². The number of carbonyl (C=O) groups is 1. The highest BCUT2D eigenvalue weighted by Gasteiger charge is 2.06. The maximum absolute atomic E-state index is 12.8. The summed E-state index contributed by atoms with van der Waals surface area (Å²) in [5.41, 5.74) is 8.09. The molecule has 2 rings (SSSR count). The summed E-state index contributed by atoms with van der Waals surface area (Å²) in [5, 5.41) is 3.47. The van der Waals surface area contributed by atoms with Gasteiger partial charge in [0.15, 0.2) is 0 Å². The van der Waals surface area contributed by atoms with Crippen molar-refractivity contribution in [3.63, 3.8) is 0 Å². The summed E-state index contributed by atoms with van der Waals surface area (Å²) in [7, 11) is 0. The van der Waals surface area contributed by atoms with E-state index in [1.54, 1.807) is 6.07 Å². The minimum atomic E-state index is -0.397. The van der Waals surface area contributed by atoms with Crippen LogP contribution < -0.4 is 11.1 Å². The molecular formula is C19H23FN2O. The first kappa shape index (κ1) is 17.2. The van der Waals surface area contributed by atoms with E-state index in [4.69, 9.17) is 5.73 Å². The van der Waals surface area contributed by atoms with Gasteiger partial charge in [0.05, 0.1) is 0 Å². The smallest absolute Gasteiger partial charge is 0.248 e. The summed E-state index contributed by atoms with van der Waals surface area (Å²) in [6.07, 6.45) is 2.77. The minimum absolute atomic E-state index is 0.196. The Balaban J connectivity index is 1.72. The normalized spacial score (nSPS) is 12.1. The van der Waals surface area contributed by atoms with Crippen molar-refractivity contribution in [1.82, 2.24) is 5.32 Å². The molecule has 0 saturated heterocycles. The number of carbonyl (C=O) groups excluding carboxylic acids is 1. The van der Waals surface area contributed by atoms with E-state index in [1.165, 1.54) is 12.1 Å². The number of nitrogens with one attached hydrogen (secondary N) is 1. The average Bonchev–Trinajstić information content (AvgIpc) is 2.53. The van der Waals surface area contributed by atoms with Gasteiger partial charge < -0.3 is 11.1 Å². The Hall–Kier alpha value is -2.20. The van der Waals surface area contributed by atoms with Gasteiger partial charge in [0.1, 0.15) is 5.82 Å². The number of amides is 1. The second-order valence-electron chi connectivity index (χ2n) is 5.85. The van der Waals surface area contributed by atoms with Crippen LogP contribution in [0.2, 0.25) is 0 Å². The number of halogens is 1. The monoisotopic (exact) mass is 314 g/mol. The third-order valence-corrected chi connectivity index (χ3v) is 3.80. The highest BCUT2D eigenvalue weighted by molar-refractivity contribution is 5.92. The molecule has 0 heterocycles. The maximum atomic E-state index is 12.8. The summed E-state index contributed by atoms with van der Waals surface area (Å²) < 4.78 is 12.8. The van der Waals surface area contributed by atoms with Crippen LogP contribution in [-0.4, -0.2) is 18.5 Å². The summed E-state index contributed by atoms with van der Waals surface area (Å²) in [4.78, 5) is 11.2. The van der Waals surface area contributed by atoms with E-state index in [9.17, 15) is 9.18 Å². The Bertz CT molecular complexity index is 640. The molecule has 3 nitrogen and oxygen atoms in total. The minimum Gasteiger partial charge on any atom is -0.366 e. The lowest BCUT2D eigenvalue weighted by Crippen LogP contribution is -2.29. The van der Waals surface area contributed by atoms with Crippen molar-refractivity contribution in [2.24, 2.45) is 5.73 Å². The average molecular weight is 314 g/mol. The molecule has 0 aliphatic rings. The van der Waals surface area contributed by atoms with Crippen molar-refractivity contribution in [3.05, 3.63) is 71.0 Å². The van der Waals surface area contributed by atoms with Gasteiger partial charge in [0.2, 0.25) is 5.91 Å². The molecule has 3 N–H and O–H groups in total. The van der Waals surface area contributed by atoms with E-state index in [1.807, 2.05) is 30.3 Å². The summed E-state index contributed by atoms with van der Waals surface area (Å²) >= 11 is 0. The molecule has 122 valence electrons. The van der Waals surface area contributed by atoms with Gasteiger partial charge in [-0.2, -0.15) is 0 Å². The number of primary amides is 1. The second kappa shape index (κ2) is 8.44. The standard InChI is InChI=1S/C19H23FN2O/c1-14(12-16-4-2-6-17(13-16)19(21)23)22-11-3-5-15-7-9-18(20)10-8-15/h2,4,6-10,13-14,22H,3,5,11-12H2,1H3,(H2,21,23). The zero-order chi connectivity index (χ0) is 16.7. The fourth-order valence-electron chi connectivity index (χ4n) is 2.57. The van der Waals surface area contributed by atoms with Crippen molar-refractivity contribution in [1.29, 1.82) is 0 Å². The first-order chi connectivity index (χ1) is 11.0. The number of aryl methyl sites for hydroxylation is 1. The topological polar surface area (TPSA) is 55.1 Å². The molecule has 1 atom stereocenters. The zero-order valence-electron chi connectivity index (χ0n) is 13.4. The Morgan fingerprint density at radius 3 is 2.61 bits per heavy atom. The molecule has 0 radical (unpaired) electrons. The highest BCUT2D eigenvalue weighted by Crippen LogP contribution is 2.08. The van der Waals surface area contributed by atoms with E-state index in [0.29, 0.717) is 11.6 Å². The quantitative estimate of drug-likeness (QED) is 0.736. The van der Waals surface area contributed by atoms with Crippen LogP contribution in [0.4, 0.5) is 4.39 Å². The molecule has 0 bridgehead atoms. The predicted molar refractivity (Wildman–Crippen MR) is 90.8 cm³/mol. The van der Waals surface area contributed by atoms with Crippen LogP contribution in [0.3, 0.4) is 0 Å². The van der Waals surface area contributed by atoms with Gasteiger partial charge in [0.25, 0.3) is 0 Å².